The van der Waals surface area contributed by atoms with Crippen LogP contribution < -0.4 is 10.6 Å². The van der Waals surface area contributed by atoms with Crippen molar-refractivity contribution in [2.45, 2.75) is 26.2 Å². The lowest BCUT2D eigenvalue weighted by molar-refractivity contribution is 0.241. The lowest BCUT2D eigenvalue weighted by atomic mass is 10.2. The predicted octanol–water partition coefficient (Wildman–Crippen LogP) is 2.72. The Bertz CT molecular complexity index is 550. The third-order valence-corrected chi connectivity index (χ3v) is 3.18. The molecule has 0 aliphatic heterocycles. The van der Waals surface area contributed by atoms with Crippen LogP contribution in [0.15, 0.2) is 36.5 Å². The van der Waals surface area contributed by atoms with E-state index in [1.54, 1.807) is 0 Å². The number of aromatic amines is 1. The van der Waals surface area contributed by atoms with E-state index in [4.69, 9.17) is 0 Å². The van der Waals surface area contributed by atoms with Crippen molar-refractivity contribution in [2.75, 3.05) is 13.1 Å². The SMILES string of the molecule is CCCCNC(=O)NCCc1ncc(-c2ccccc2)[nH]1. The molecule has 0 aliphatic rings. The van der Waals surface area contributed by atoms with E-state index < -0.39 is 0 Å². The maximum atomic E-state index is 11.5. The van der Waals surface area contributed by atoms with Gasteiger partial charge in [-0.1, -0.05) is 43.7 Å². The quantitative estimate of drug-likeness (QED) is 0.685. The summed E-state index contributed by atoms with van der Waals surface area (Å²) in [5.41, 5.74) is 2.11. The largest absolute Gasteiger partial charge is 0.342 e. The number of unbranched alkanes of at least 4 members (excludes halogenated alkanes) is 1. The van der Waals surface area contributed by atoms with Crippen molar-refractivity contribution in [3.05, 3.63) is 42.4 Å². The van der Waals surface area contributed by atoms with Crippen LogP contribution in [-0.4, -0.2) is 29.1 Å². The van der Waals surface area contributed by atoms with Crippen molar-refractivity contribution < 1.29 is 4.79 Å². The second-order valence-corrected chi connectivity index (χ2v) is 4.90. The topological polar surface area (TPSA) is 69.8 Å². The molecule has 5 heteroatoms. The summed E-state index contributed by atoms with van der Waals surface area (Å²) >= 11 is 0. The molecule has 2 amide bonds. The van der Waals surface area contributed by atoms with Gasteiger partial charge in [0.2, 0.25) is 0 Å². The van der Waals surface area contributed by atoms with E-state index in [-0.39, 0.29) is 6.03 Å². The number of aromatic nitrogens is 2. The van der Waals surface area contributed by atoms with E-state index in [0.717, 1.165) is 36.5 Å². The van der Waals surface area contributed by atoms with Crippen LogP contribution in [0.1, 0.15) is 25.6 Å². The summed E-state index contributed by atoms with van der Waals surface area (Å²) < 4.78 is 0. The highest BCUT2D eigenvalue weighted by atomic mass is 16.2. The van der Waals surface area contributed by atoms with Crippen molar-refractivity contribution in [2.24, 2.45) is 0 Å². The highest BCUT2D eigenvalue weighted by Gasteiger charge is 2.04. The molecule has 3 N–H and O–H groups in total. The first-order valence-corrected chi connectivity index (χ1v) is 7.40. The number of nitrogens with zero attached hydrogens (tertiary/aromatic N) is 1. The molecule has 1 aromatic heterocycles. The van der Waals surface area contributed by atoms with Crippen molar-refractivity contribution in [1.29, 1.82) is 0 Å². The molecule has 0 radical (unpaired) electrons. The van der Waals surface area contributed by atoms with Gasteiger partial charge in [-0.15, -0.1) is 0 Å². The number of carbonyl (C=O) groups is 1. The molecule has 2 aromatic rings. The van der Waals surface area contributed by atoms with Gasteiger partial charge in [-0.25, -0.2) is 9.78 Å². The summed E-state index contributed by atoms with van der Waals surface area (Å²) in [4.78, 5) is 19.1. The fourth-order valence-corrected chi connectivity index (χ4v) is 1.99. The molecule has 21 heavy (non-hydrogen) atoms. The number of hydrogen-bond donors (Lipinski definition) is 3. The highest BCUT2D eigenvalue weighted by molar-refractivity contribution is 5.73. The molecule has 0 atom stereocenters. The molecule has 0 spiro atoms. The molecular formula is C16H22N4O. The van der Waals surface area contributed by atoms with E-state index in [1.807, 2.05) is 36.5 Å². The Morgan fingerprint density at radius 1 is 1.19 bits per heavy atom. The monoisotopic (exact) mass is 286 g/mol. The van der Waals surface area contributed by atoms with Gasteiger partial charge in [0.05, 0.1) is 11.9 Å². The lowest BCUT2D eigenvalue weighted by Crippen LogP contribution is -2.37. The van der Waals surface area contributed by atoms with Gasteiger partial charge in [-0.2, -0.15) is 0 Å². The van der Waals surface area contributed by atoms with Gasteiger partial charge in [0.1, 0.15) is 5.82 Å². The fraction of sp³-hybridized carbons (Fsp3) is 0.375. The number of urea groups is 1. The normalized spacial score (nSPS) is 10.3. The number of benzene rings is 1. The summed E-state index contributed by atoms with van der Waals surface area (Å²) in [5, 5.41) is 5.65. The Hall–Kier alpha value is -2.30. The third kappa shape index (κ3) is 4.95. The van der Waals surface area contributed by atoms with Crippen molar-refractivity contribution in [3.8, 4) is 11.3 Å². The zero-order valence-corrected chi connectivity index (χ0v) is 12.4. The minimum atomic E-state index is -0.113. The van der Waals surface area contributed by atoms with Gasteiger partial charge in [-0.05, 0) is 12.0 Å². The summed E-state index contributed by atoms with van der Waals surface area (Å²) in [7, 11) is 0. The van der Waals surface area contributed by atoms with E-state index in [9.17, 15) is 4.79 Å². The Morgan fingerprint density at radius 2 is 1.95 bits per heavy atom. The summed E-state index contributed by atoms with van der Waals surface area (Å²) in [5.74, 6) is 0.878. The summed E-state index contributed by atoms with van der Waals surface area (Å²) in [6, 6.07) is 9.95. The molecule has 2 rings (SSSR count). The summed E-state index contributed by atoms with van der Waals surface area (Å²) in [6.07, 6.45) is 4.60. The Morgan fingerprint density at radius 3 is 2.71 bits per heavy atom. The first-order chi connectivity index (χ1) is 10.3. The number of nitrogens with one attached hydrogen (secondary N) is 3. The Kier molecular flexibility index (Phi) is 5.82. The van der Waals surface area contributed by atoms with Crippen LogP contribution >= 0.6 is 0 Å². The van der Waals surface area contributed by atoms with E-state index in [1.165, 1.54) is 0 Å². The van der Waals surface area contributed by atoms with Gasteiger partial charge >= 0.3 is 6.03 Å². The zero-order chi connectivity index (χ0) is 14.9. The fourth-order valence-electron chi connectivity index (χ4n) is 1.99. The van der Waals surface area contributed by atoms with E-state index >= 15 is 0 Å². The molecule has 5 nitrogen and oxygen atoms in total. The molecule has 1 aromatic carbocycles. The number of H-pyrrole nitrogens is 1. The van der Waals surface area contributed by atoms with Crippen LogP contribution in [0.2, 0.25) is 0 Å². The highest BCUT2D eigenvalue weighted by Crippen LogP contribution is 2.15. The minimum Gasteiger partial charge on any atom is -0.342 e. The Labute approximate surface area is 125 Å². The lowest BCUT2D eigenvalue weighted by Gasteiger charge is -2.05. The number of carbonyl (C=O) groups excluding carboxylic acids is 1. The van der Waals surface area contributed by atoms with E-state index in [2.05, 4.69) is 27.5 Å². The summed E-state index contributed by atoms with van der Waals surface area (Å²) in [6.45, 7) is 3.39. The first-order valence-electron chi connectivity index (χ1n) is 7.40. The number of imidazole rings is 1. The van der Waals surface area contributed by atoms with Crippen LogP contribution in [0.25, 0.3) is 11.3 Å². The van der Waals surface area contributed by atoms with Crippen LogP contribution in [0, 0.1) is 0 Å². The molecule has 0 unspecified atom stereocenters. The molecule has 0 bridgehead atoms. The van der Waals surface area contributed by atoms with Crippen LogP contribution in [0.3, 0.4) is 0 Å². The molecule has 0 aliphatic carbocycles. The van der Waals surface area contributed by atoms with Crippen molar-refractivity contribution >= 4 is 6.03 Å². The second-order valence-electron chi connectivity index (χ2n) is 4.90. The third-order valence-electron chi connectivity index (χ3n) is 3.18. The van der Waals surface area contributed by atoms with Crippen LogP contribution in [0.5, 0.6) is 0 Å². The van der Waals surface area contributed by atoms with Crippen molar-refractivity contribution in [3.63, 3.8) is 0 Å². The number of hydrogen-bond acceptors (Lipinski definition) is 2. The van der Waals surface area contributed by atoms with E-state index in [0.29, 0.717) is 13.0 Å². The smallest absolute Gasteiger partial charge is 0.314 e. The molecular weight excluding hydrogens is 264 g/mol. The number of amides is 2. The van der Waals surface area contributed by atoms with Gasteiger partial charge in [-0.3, -0.25) is 0 Å². The maximum absolute atomic E-state index is 11.5. The molecule has 112 valence electrons. The molecule has 1 heterocycles. The first kappa shape index (κ1) is 15.1. The molecule has 0 saturated carbocycles. The average Bonchev–Trinajstić information content (AvgIpc) is 2.97. The second kappa shape index (κ2) is 8.09. The standard InChI is InChI=1S/C16H22N4O/c1-2-3-10-17-16(21)18-11-9-15-19-12-14(20-15)13-7-5-4-6-8-13/h4-8,12H,2-3,9-11H2,1H3,(H,19,20)(H2,17,18,21). The average molecular weight is 286 g/mol. The van der Waals surface area contributed by atoms with Crippen LogP contribution in [0.4, 0.5) is 4.79 Å². The van der Waals surface area contributed by atoms with Gasteiger partial charge in [0.15, 0.2) is 0 Å². The number of rotatable bonds is 7. The minimum absolute atomic E-state index is 0.113. The zero-order valence-electron chi connectivity index (χ0n) is 12.4. The maximum Gasteiger partial charge on any atom is 0.314 e. The van der Waals surface area contributed by atoms with Gasteiger partial charge in [0, 0.05) is 19.5 Å². The molecule has 0 fully saturated rings. The van der Waals surface area contributed by atoms with Crippen molar-refractivity contribution in [1.82, 2.24) is 20.6 Å². The predicted molar refractivity (Wildman–Crippen MR) is 84.0 cm³/mol. The van der Waals surface area contributed by atoms with Crippen LogP contribution in [-0.2, 0) is 6.42 Å². The van der Waals surface area contributed by atoms with Gasteiger partial charge in [0.25, 0.3) is 0 Å². The Balaban J connectivity index is 1.75. The molecule has 0 saturated heterocycles. The van der Waals surface area contributed by atoms with Gasteiger partial charge < -0.3 is 15.6 Å².